The van der Waals surface area contributed by atoms with E-state index in [1.807, 2.05) is 12.1 Å². The number of rotatable bonds is 5. The van der Waals surface area contributed by atoms with E-state index in [-0.39, 0.29) is 11.3 Å². The van der Waals surface area contributed by atoms with Gasteiger partial charge in [-0.15, -0.1) is 0 Å². The summed E-state index contributed by atoms with van der Waals surface area (Å²) >= 11 is 0. The highest BCUT2D eigenvalue weighted by Gasteiger charge is 2.73. The summed E-state index contributed by atoms with van der Waals surface area (Å²) in [7, 11) is 0. The molecule has 1 unspecified atom stereocenters. The minimum absolute atomic E-state index is 0.0850. The molecule has 5 fully saturated rings. The maximum atomic E-state index is 10.8. The van der Waals surface area contributed by atoms with Crippen molar-refractivity contribution in [3.63, 3.8) is 0 Å². The Morgan fingerprint density at radius 1 is 1.00 bits per heavy atom. The highest BCUT2D eigenvalue weighted by molar-refractivity contribution is 5.38. The predicted octanol–water partition coefficient (Wildman–Crippen LogP) is 5.55. The molecular weight excluding hydrogens is 394 g/mol. The summed E-state index contributed by atoms with van der Waals surface area (Å²) in [6.07, 6.45) is 6.47. The minimum atomic E-state index is -0.456. The number of ether oxygens (including phenoxy) is 1. The van der Waals surface area contributed by atoms with Gasteiger partial charge in [-0.2, -0.15) is 0 Å². The molecule has 4 saturated carbocycles. The first kappa shape index (κ1) is 19.3. The van der Waals surface area contributed by atoms with Crippen LogP contribution in [-0.4, -0.2) is 10.5 Å². The van der Waals surface area contributed by atoms with Crippen LogP contribution in [0.4, 0.5) is 5.69 Å². The van der Waals surface area contributed by atoms with E-state index in [4.69, 9.17) is 14.5 Å². The Bertz CT molecular complexity index is 991. The molecule has 6 heteroatoms. The first-order valence-corrected chi connectivity index (χ1v) is 11.3. The van der Waals surface area contributed by atoms with E-state index in [2.05, 4.69) is 19.1 Å². The molecule has 0 radical (unpaired) electrons. The molecule has 4 aliphatic carbocycles. The van der Waals surface area contributed by atoms with E-state index in [0.29, 0.717) is 18.4 Å². The van der Waals surface area contributed by atoms with Gasteiger partial charge in [0.2, 0.25) is 0 Å². The van der Waals surface area contributed by atoms with E-state index in [9.17, 15) is 10.1 Å². The van der Waals surface area contributed by atoms with Crippen molar-refractivity contribution in [3.8, 4) is 5.75 Å². The van der Waals surface area contributed by atoms with Crippen LogP contribution in [0.1, 0.15) is 50.2 Å². The first-order chi connectivity index (χ1) is 15.0. The standard InChI is InChI=1S/C25H27NO5/c1-24(25(31-30-24)20-10-17-9-18(12-20)13-21(25)11-17)19-3-2-4-23(14-19)29-15-16-5-7-22(8-6-16)26(27)28/h2-8,14,17-18,20-21H,9-13,15H2,1H3. The third-order valence-electron chi connectivity index (χ3n) is 8.38. The molecule has 1 spiro atoms. The summed E-state index contributed by atoms with van der Waals surface area (Å²) in [4.78, 5) is 22.4. The van der Waals surface area contributed by atoms with Crippen molar-refractivity contribution in [2.75, 3.05) is 0 Å². The fraction of sp³-hybridized carbons (Fsp3) is 0.520. The maximum Gasteiger partial charge on any atom is 0.269 e. The second kappa shape index (κ2) is 6.78. The van der Waals surface area contributed by atoms with Gasteiger partial charge in [-0.1, -0.05) is 12.1 Å². The fourth-order valence-corrected chi connectivity index (χ4v) is 7.10. The van der Waals surface area contributed by atoms with Crippen molar-refractivity contribution in [1.82, 2.24) is 0 Å². The zero-order chi connectivity index (χ0) is 21.2. The van der Waals surface area contributed by atoms with Crippen LogP contribution >= 0.6 is 0 Å². The summed E-state index contributed by atoms with van der Waals surface area (Å²) < 4.78 is 6.02. The van der Waals surface area contributed by atoms with Gasteiger partial charge in [0.15, 0.2) is 5.60 Å². The Hall–Kier alpha value is -2.44. The van der Waals surface area contributed by atoms with Crippen LogP contribution in [0.5, 0.6) is 5.75 Å². The second-order valence-corrected chi connectivity index (χ2v) is 10.0. The van der Waals surface area contributed by atoms with Crippen LogP contribution in [0.2, 0.25) is 0 Å². The molecule has 0 N–H and O–H groups in total. The van der Waals surface area contributed by atoms with E-state index < -0.39 is 10.5 Å². The fourth-order valence-electron chi connectivity index (χ4n) is 7.10. The summed E-state index contributed by atoms with van der Waals surface area (Å²) in [6, 6.07) is 14.6. The summed E-state index contributed by atoms with van der Waals surface area (Å²) in [5.41, 5.74) is 1.41. The Morgan fingerprint density at radius 3 is 2.26 bits per heavy atom. The van der Waals surface area contributed by atoms with Gasteiger partial charge in [0.25, 0.3) is 5.69 Å². The zero-order valence-electron chi connectivity index (χ0n) is 17.7. The molecule has 162 valence electrons. The largest absolute Gasteiger partial charge is 0.489 e. The molecule has 0 aromatic heterocycles. The Morgan fingerprint density at radius 2 is 1.68 bits per heavy atom. The van der Waals surface area contributed by atoms with Gasteiger partial charge in [0.05, 0.1) is 4.92 Å². The molecule has 1 aliphatic heterocycles. The number of hydrogen-bond donors (Lipinski definition) is 0. The smallest absolute Gasteiger partial charge is 0.269 e. The summed E-state index contributed by atoms with van der Waals surface area (Å²) in [6.45, 7) is 2.55. The second-order valence-electron chi connectivity index (χ2n) is 10.0. The number of hydrogen-bond acceptors (Lipinski definition) is 5. The lowest BCUT2D eigenvalue weighted by Gasteiger charge is -2.69. The molecule has 2 aromatic rings. The number of nitro groups is 1. The van der Waals surface area contributed by atoms with Gasteiger partial charge in [-0.3, -0.25) is 10.1 Å². The molecule has 31 heavy (non-hydrogen) atoms. The number of benzene rings is 2. The normalized spacial score (nSPS) is 37.6. The minimum Gasteiger partial charge on any atom is -0.489 e. The maximum absolute atomic E-state index is 10.8. The molecule has 4 bridgehead atoms. The number of nitro benzene ring substituents is 1. The zero-order valence-corrected chi connectivity index (χ0v) is 17.7. The SMILES string of the molecule is CC1(c2cccc(OCc3ccc([N+](=O)[O-])cc3)c2)OOC12C1CC3CC(C1)CC2C3. The van der Waals surface area contributed by atoms with Crippen molar-refractivity contribution in [1.29, 1.82) is 0 Å². The molecule has 0 amide bonds. The average Bonchev–Trinajstić information content (AvgIpc) is 2.76. The quantitative estimate of drug-likeness (QED) is 0.360. The lowest BCUT2D eigenvalue weighted by molar-refractivity contribution is -0.590. The molecular formula is C25H27NO5. The predicted molar refractivity (Wildman–Crippen MR) is 113 cm³/mol. The Labute approximate surface area is 181 Å². The molecule has 1 atom stereocenters. The Balaban J connectivity index is 1.22. The monoisotopic (exact) mass is 421 g/mol. The third kappa shape index (κ3) is 2.77. The molecule has 6 nitrogen and oxygen atoms in total. The van der Waals surface area contributed by atoms with Crippen LogP contribution in [-0.2, 0) is 22.0 Å². The van der Waals surface area contributed by atoms with Crippen molar-refractivity contribution in [2.24, 2.45) is 23.7 Å². The lowest BCUT2D eigenvalue weighted by Crippen LogP contribution is -2.74. The van der Waals surface area contributed by atoms with Crippen LogP contribution in [0.25, 0.3) is 0 Å². The number of non-ortho nitro benzene ring substituents is 1. The van der Waals surface area contributed by atoms with Crippen LogP contribution in [0.3, 0.4) is 0 Å². The Kier molecular flexibility index (Phi) is 4.21. The van der Waals surface area contributed by atoms with Gasteiger partial charge < -0.3 is 4.74 Å². The lowest BCUT2D eigenvalue weighted by atomic mass is 9.45. The molecule has 2 aromatic carbocycles. The number of nitrogens with zero attached hydrogens (tertiary/aromatic N) is 1. The van der Waals surface area contributed by atoms with E-state index in [0.717, 1.165) is 28.7 Å². The van der Waals surface area contributed by atoms with Gasteiger partial charge in [0.1, 0.15) is 18.0 Å². The van der Waals surface area contributed by atoms with Gasteiger partial charge in [0, 0.05) is 12.1 Å². The van der Waals surface area contributed by atoms with Gasteiger partial charge >= 0.3 is 0 Å². The van der Waals surface area contributed by atoms with Gasteiger partial charge in [-0.25, -0.2) is 9.78 Å². The van der Waals surface area contributed by atoms with Crippen molar-refractivity contribution < 1.29 is 19.4 Å². The summed E-state index contributed by atoms with van der Waals surface area (Å²) in [5.74, 6) is 3.67. The van der Waals surface area contributed by atoms with Crippen molar-refractivity contribution in [2.45, 2.75) is 56.8 Å². The van der Waals surface area contributed by atoms with Crippen LogP contribution in [0, 0.1) is 33.8 Å². The van der Waals surface area contributed by atoms with Crippen molar-refractivity contribution in [3.05, 3.63) is 69.8 Å². The van der Waals surface area contributed by atoms with Crippen LogP contribution in [0.15, 0.2) is 48.5 Å². The van der Waals surface area contributed by atoms with Gasteiger partial charge in [-0.05, 0) is 98.1 Å². The average molecular weight is 421 g/mol. The van der Waals surface area contributed by atoms with E-state index in [1.165, 1.54) is 44.2 Å². The van der Waals surface area contributed by atoms with E-state index in [1.54, 1.807) is 12.1 Å². The molecule has 1 saturated heterocycles. The van der Waals surface area contributed by atoms with Crippen molar-refractivity contribution >= 4 is 5.69 Å². The summed E-state index contributed by atoms with van der Waals surface area (Å²) in [5, 5.41) is 10.8. The van der Waals surface area contributed by atoms with Crippen LogP contribution < -0.4 is 4.74 Å². The third-order valence-corrected chi connectivity index (χ3v) is 8.38. The molecule has 5 aliphatic rings. The molecule has 1 heterocycles. The first-order valence-electron chi connectivity index (χ1n) is 11.3. The topological polar surface area (TPSA) is 70.8 Å². The highest BCUT2D eigenvalue weighted by Crippen LogP contribution is 2.69. The molecule has 7 rings (SSSR count). The highest BCUT2D eigenvalue weighted by atomic mass is 17.3. The van der Waals surface area contributed by atoms with E-state index >= 15 is 0 Å².